The maximum atomic E-state index is 12.0. The number of thioether (sulfide) groups is 1. The molecule has 0 radical (unpaired) electrons. The van der Waals surface area contributed by atoms with Crippen molar-refractivity contribution in [1.29, 1.82) is 0 Å². The summed E-state index contributed by atoms with van der Waals surface area (Å²) < 4.78 is -0.690. The Kier molecular flexibility index (Phi) is 6.04. The van der Waals surface area contributed by atoms with Crippen LogP contribution in [0.5, 0.6) is 0 Å². The minimum atomic E-state index is -1.05. The number of aliphatic carboxylic acids is 1. The first-order valence-corrected chi connectivity index (χ1v) is 8.04. The largest absolute Gasteiger partial charge is 0.480 e. The first-order chi connectivity index (χ1) is 9.24. The van der Waals surface area contributed by atoms with Gasteiger partial charge in [0.2, 0.25) is 5.91 Å². The maximum Gasteiger partial charge on any atom is 0.321 e. The lowest BCUT2D eigenvalue weighted by Crippen LogP contribution is -2.47. The van der Waals surface area contributed by atoms with Crippen LogP contribution in [0.4, 0.5) is 0 Å². The molecule has 0 aromatic carbocycles. The standard InChI is InChI=1S/C13H20N2O3S2/c1-13(2,11(14)12(17)18)20-8-10(16)15(3)6-9-4-5-19-7-9/h4-5,7,11H,6,8,14H2,1-3H3,(H,17,18)/t11-/m1/s1. The highest BCUT2D eigenvalue weighted by Crippen LogP contribution is 2.27. The molecular formula is C13H20N2O3S2. The highest BCUT2D eigenvalue weighted by Gasteiger charge is 2.33. The number of carbonyl (C=O) groups excluding carboxylic acids is 1. The lowest BCUT2D eigenvalue weighted by atomic mass is 10.1. The third kappa shape index (κ3) is 4.81. The van der Waals surface area contributed by atoms with Gasteiger partial charge in [-0.15, -0.1) is 11.8 Å². The van der Waals surface area contributed by atoms with Crippen molar-refractivity contribution >= 4 is 35.0 Å². The summed E-state index contributed by atoms with van der Waals surface area (Å²) in [7, 11) is 1.74. The zero-order chi connectivity index (χ0) is 15.3. The van der Waals surface area contributed by atoms with Gasteiger partial charge < -0.3 is 15.7 Å². The fourth-order valence-electron chi connectivity index (χ4n) is 1.49. The lowest BCUT2D eigenvalue weighted by molar-refractivity contribution is -0.139. The number of carbonyl (C=O) groups is 2. The van der Waals surface area contributed by atoms with Crippen molar-refractivity contribution in [3.05, 3.63) is 22.4 Å². The van der Waals surface area contributed by atoms with Crippen molar-refractivity contribution in [3.8, 4) is 0 Å². The predicted molar refractivity (Wildman–Crippen MR) is 82.9 cm³/mol. The van der Waals surface area contributed by atoms with Crippen molar-refractivity contribution in [3.63, 3.8) is 0 Å². The van der Waals surface area contributed by atoms with Gasteiger partial charge in [0, 0.05) is 18.3 Å². The number of thiophene rings is 1. The highest BCUT2D eigenvalue weighted by molar-refractivity contribution is 8.01. The average molecular weight is 316 g/mol. The molecule has 0 unspecified atom stereocenters. The molecular weight excluding hydrogens is 296 g/mol. The van der Waals surface area contributed by atoms with Crippen LogP contribution in [0.1, 0.15) is 19.4 Å². The number of nitrogens with zero attached hydrogens (tertiary/aromatic N) is 1. The Hall–Kier alpha value is -1.05. The molecule has 0 aliphatic carbocycles. The van der Waals surface area contributed by atoms with Gasteiger partial charge in [-0.2, -0.15) is 11.3 Å². The van der Waals surface area contributed by atoms with E-state index in [2.05, 4.69) is 0 Å². The molecule has 0 spiro atoms. The molecule has 0 aliphatic rings. The lowest BCUT2D eigenvalue weighted by Gasteiger charge is -2.28. The van der Waals surface area contributed by atoms with Crippen LogP contribution in [0, 0.1) is 0 Å². The van der Waals surface area contributed by atoms with Crippen molar-refractivity contribution in [1.82, 2.24) is 4.90 Å². The van der Waals surface area contributed by atoms with Crippen molar-refractivity contribution in [2.75, 3.05) is 12.8 Å². The molecule has 1 amide bonds. The van der Waals surface area contributed by atoms with Gasteiger partial charge in [0.1, 0.15) is 6.04 Å². The third-order valence-corrected chi connectivity index (χ3v) is 5.13. The number of amides is 1. The second-order valence-electron chi connectivity index (χ2n) is 5.09. The summed E-state index contributed by atoms with van der Waals surface area (Å²) in [5, 5.41) is 12.9. The van der Waals surface area contributed by atoms with Crippen LogP contribution < -0.4 is 5.73 Å². The number of nitrogens with two attached hydrogens (primary N) is 1. The minimum absolute atomic E-state index is 0.0353. The van der Waals surface area contributed by atoms with Crippen LogP contribution in [0.15, 0.2) is 16.8 Å². The van der Waals surface area contributed by atoms with E-state index in [4.69, 9.17) is 10.8 Å². The second-order valence-corrected chi connectivity index (χ2v) is 7.50. The molecule has 0 aliphatic heterocycles. The Morgan fingerprint density at radius 2 is 2.20 bits per heavy atom. The third-order valence-electron chi connectivity index (χ3n) is 3.01. The summed E-state index contributed by atoms with van der Waals surface area (Å²) in [6, 6.07) is 0.980. The van der Waals surface area contributed by atoms with Crippen molar-refractivity contribution in [2.45, 2.75) is 31.2 Å². The summed E-state index contributed by atoms with van der Waals surface area (Å²) in [6.45, 7) is 4.04. The summed E-state index contributed by atoms with van der Waals surface area (Å²) in [5.41, 5.74) is 6.72. The van der Waals surface area contributed by atoms with E-state index in [0.29, 0.717) is 6.54 Å². The molecule has 1 atom stereocenters. The Morgan fingerprint density at radius 1 is 1.55 bits per heavy atom. The molecule has 1 heterocycles. The number of hydrogen-bond donors (Lipinski definition) is 2. The Balaban J connectivity index is 2.48. The summed E-state index contributed by atoms with van der Waals surface area (Å²) in [5.74, 6) is -0.873. The van der Waals surface area contributed by atoms with E-state index in [1.807, 2.05) is 16.8 Å². The first kappa shape index (κ1) is 17.0. The van der Waals surface area contributed by atoms with Gasteiger partial charge >= 0.3 is 5.97 Å². The molecule has 0 saturated carbocycles. The van der Waals surface area contributed by atoms with Gasteiger partial charge in [-0.05, 0) is 36.2 Å². The summed E-state index contributed by atoms with van der Waals surface area (Å²) >= 11 is 2.86. The quantitative estimate of drug-likeness (QED) is 0.799. The van der Waals surface area contributed by atoms with Crippen LogP contribution in [0.2, 0.25) is 0 Å². The van der Waals surface area contributed by atoms with Crippen molar-refractivity contribution < 1.29 is 14.7 Å². The monoisotopic (exact) mass is 316 g/mol. The smallest absolute Gasteiger partial charge is 0.321 e. The number of hydrogen-bond acceptors (Lipinski definition) is 5. The molecule has 3 N–H and O–H groups in total. The molecule has 0 bridgehead atoms. The van der Waals surface area contributed by atoms with Gasteiger partial charge in [-0.3, -0.25) is 9.59 Å². The van der Waals surface area contributed by atoms with Gasteiger partial charge in [-0.25, -0.2) is 0 Å². The summed E-state index contributed by atoms with van der Waals surface area (Å²) in [4.78, 5) is 24.6. The SMILES string of the molecule is CN(Cc1ccsc1)C(=O)CSC(C)(C)[C@H](N)C(=O)O. The fraction of sp³-hybridized carbons (Fsp3) is 0.538. The van der Waals surface area contributed by atoms with Crippen LogP contribution >= 0.6 is 23.1 Å². The number of rotatable bonds is 7. The van der Waals surface area contributed by atoms with Crippen LogP contribution in [-0.2, 0) is 16.1 Å². The van der Waals surface area contributed by atoms with E-state index in [9.17, 15) is 9.59 Å². The maximum absolute atomic E-state index is 12.0. The molecule has 1 rings (SSSR count). The molecule has 0 saturated heterocycles. The van der Waals surface area contributed by atoms with E-state index in [1.54, 1.807) is 37.1 Å². The fourth-order valence-corrected chi connectivity index (χ4v) is 3.15. The van der Waals surface area contributed by atoms with E-state index in [0.717, 1.165) is 5.56 Å². The Morgan fingerprint density at radius 3 is 2.70 bits per heavy atom. The minimum Gasteiger partial charge on any atom is -0.480 e. The van der Waals surface area contributed by atoms with Crippen LogP contribution in [0.25, 0.3) is 0 Å². The topological polar surface area (TPSA) is 83.6 Å². The van der Waals surface area contributed by atoms with Crippen molar-refractivity contribution in [2.24, 2.45) is 5.73 Å². The van der Waals surface area contributed by atoms with E-state index in [1.165, 1.54) is 11.8 Å². The van der Waals surface area contributed by atoms with E-state index in [-0.39, 0.29) is 11.7 Å². The Bertz CT molecular complexity index is 460. The van der Waals surface area contributed by atoms with Crippen LogP contribution in [0.3, 0.4) is 0 Å². The molecule has 112 valence electrons. The number of carboxylic acid groups (broad SMARTS) is 1. The molecule has 7 heteroatoms. The van der Waals surface area contributed by atoms with Gasteiger partial charge in [0.25, 0.3) is 0 Å². The van der Waals surface area contributed by atoms with Gasteiger partial charge in [0.05, 0.1) is 5.75 Å². The Labute approximate surface area is 127 Å². The van der Waals surface area contributed by atoms with Gasteiger partial charge in [0.15, 0.2) is 0 Å². The molecule has 0 fully saturated rings. The number of carboxylic acids is 1. The average Bonchev–Trinajstić information content (AvgIpc) is 2.87. The predicted octanol–water partition coefficient (Wildman–Crippen LogP) is 1.63. The first-order valence-electron chi connectivity index (χ1n) is 6.11. The summed E-state index contributed by atoms with van der Waals surface area (Å²) in [6.07, 6.45) is 0. The van der Waals surface area contributed by atoms with Gasteiger partial charge in [-0.1, -0.05) is 0 Å². The molecule has 5 nitrogen and oxygen atoms in total. The second kappa shape index (κ2) is 7.10. The highest BCUT2D eigenvalue weighted by atomic mass is 32.2. The normalized spacial score (nSPS) is 13.0. The van der Waals surface area contributed by atoms with Crippen LogP contribution in [-0.4, -0.2) is 45.5 Å². The zero-order valence-electron chi connectivity index (χ0n) is 11.8. The van der Waals surface area contributed by atoms with E-state index < -0.39 is 16.8 Å². The molecule has 1 aromatic rings. The zero-order valence-corrected chi connectivity index (χ0v) is 13.5. The molecule has 20 heavy (non-hydrogen) atoms. The molecule has 1 aromatic heterocycles. The van der Waals surface area contributed by atoms with E-state index >= 15 is 0 Å².